The summed E-state index contributed by atoms with van der Waals surface area (Å²) in [5.74, 6) is -1.34. The molecule has 1 unspecified atom stereocenters. The van der Waals surface area contributed by atoms with E-state index in [1.54, 1.807) is 24.3 Å². The Morgan fingerprint density at radius 3 is 2.13 bits per heavy atom. The van der Waals surface area contributed by atoms with Crippen molar-refractivity contribution in [2.75, 3.05) is 5.32 Å². The number of anilines is 1. The highest BCUT2D eigenvalue weighted by molar-refractivity contribution is 6.45. The van der Waals surface area contributed by atoms with Crippen LogP contribution in [0.1, 0.15) is 10.4 Å². The molecule has 1 N–H and O–H groups in total. The number of ketones is 1. The first kappa shape index (κ1) is 16.9. The van der Waals surface area contributed by atoms with Gasteiger partial charge < -0.3 is 5.32 Å². The molecule has 8 heteroatoms. The van der Waals surface area contributed by atoms with Crippen LogP contribution in [0.5, 0.6) is 0 Å². The second-order valence-corrected chi connectivity index (χ2v) is 5.40. The Balaban J connectivity index is 2.07. The highest BCUT2D eigenvalue weighted by atomic mass is 35.5. The molecular formula is C15H10Cl2N2O4. The summed E-state index contributed by atoms with van der Waals surface area (Å²) in [4.78, 5) is 34.1. The normalized spacial score (nSPS) is 11.6. The molecule has 0 bridgehead atoms. The van der Waals surface area contributed by atoms with Crippen LogP contribution in [0.4, 0.5) is 11.4 Å². The van der Waals surface area contributed by atoms with E-state index >= 15 is 0 Å². The lowest BCUT2D eigenvalue weighted by Gasteiger charge is -2.10. The second kappa shape index (κ2) is 7.21. The smallest absolute Gasteiger partial charge is 0.269 e. The third-order valence-electron chi connectivity index (χ3n) is 2.93. The number of Topliss-reactive ketones (excluding diaryl/α,β-unsaturated/α-hetero) is 1. The molecule has 0 radical (unpaired) electrons. The lowest BCUT2D eigenvalue weighted by molar-refractivity contribution is -0.384. The van der Waals surface area contributed by atoms with Crippen molar-refractivity contribution in [2.45, 2.75) is 5.38 Å². The number of amides is 1. The van der Waals surface area contributed by atoms with E-state index in [1.807, 2.05) is 0 Å². The molecule has 6 nitrogen and oxygen atoms in total. The maximum Gasteiger partial charge on any atom is 0.269 e. The molecule has 0 saturated carbocycles. The first-order valence-corrected chi connectivity index (χ1v) is 7.19. The molecule has 2 rings (SSSR count). The molecule has 0 aliphatic rings. The van der Waals surface area contributed by atoms with Gasteiger partial charge in [0.15, 0.2) is 11.2 Å². The van der Waals surface area contributed by atoms with E-state index in [0.717, 1.165) is 0 Å². The largest absolute Gasteiger partial charge is 0.324 e. The third-order valence-corrected chi connectivity index (χ3v) is 3.58. The lowest BCUT2D eigenvalue weighted by Crippen LogP contribution is -2.30. The van der Waals surface area contributed by atoms with Gasteiger partial charge in [0.1, 0.15) is 0 Å². The predicted molar refractivity (Wildman–Crippen MR) is 87.1 cm³/mol. The third kappa shape index (κ3) is 4.28. The Bertz CT molecular complexity index is 745. The molecule has 0 heterocycles. The zero-order valence-electron chi connectivity index (χ0n) is 11.5. The fraction of sp³-hybridized carbons (Fsp3) is 0.0667. The number of non-ortho nitro benzene ring substituents is 1. The topological polar surface area (TPSA) is 89.3 Å². The standard InChI is InChI=1S/C15H10Cl2N2O4/c16-10-3-5-11(6-4-10)18-15(21)13(17)14(20)9-1-7-12(8-2-9)19(22)23/h1-8,13H,(H,18,21). The number of rotatable bonds is 5. The first-order chi connectivity index (χ1) is 10.9. The molecular weight excluding hydrogens is 343 g/mol. The molecule has 0 fully saturated rings. The van der Waals surface area contributed by atoms with Gasteiger partial charge in [-0.05, 0) is 36.4 Å². The van der Waals surface area contributed by atoms with Crippen molar-refractivity contribution >= 4 is 46.3 Å². The SMILES string of the molecule is O=C(Nc1ccc(Cl)cc1)C(Cl)C(=O)c1ccc([N+](=O)[O-])cc1. The molecule has 0 aliphatic carbocycles. The molecule has 1 amide bonds. The molecule has 0 aromatic heterocycles. The Morgan fingerprint density at radius 2 is 1.61 bits per heavy atom. The van der Waals surface area contributed by atoms with E-state index in [1.165, 1.54) is 24.3 Å². The van der Waals surface area contributed by atoms with Crippen LogP contribution in [0.3, 0.4) is 0 Å². The van der Waals surface area contributed by atoms with Gasteiger partial charge in [-0.1, -0.05) is 11.6 Å². The summed E-state index contributed by atoms with van der Waals surface area (Å²) in [5.41, 5.74) is 0.404. The molecule has 2 aromatic carbocycles. The molecule has 2 aromatic rings. The van der Waals surface area contributed by atoms with Crippen LogP contribution in [0.15, 0.2) is 48.5 Å². The number of carbonyl (C=O) groups is 2. The first-order valence-electron chi connectivity index (χ1n) is 6.37. The number of benzene rings is 2. The highest BCUT2D eigenvalue weighted by Gasteiger charge is 2.25. The summed E-state index contributed by atoms with van der Waals surface area (Å²) in [6.45, 7) is 0. The fourth-order valence-corrected chi connectivity index (χ4v) is 2.06. The number of carbonyl (C=O) groups excluding carboxylic acids is 2. The zero-order valence-corrected chi connectivity index (χ0v) is 13.0. The van der Waals surface area contributed by atoms with E-state index in [4.69, 9.17) is 23.2 Å². The van der Waals surface area contributed by atoms with Crippen molar-refractivity contribution in [2.24, 2.45) is 0 Å². The van der Waals surface area contributed by atoms with Gasteiger partial charge in [0.2, 0.25) is 5.91 Å². The monoisotopic (exact) mass is 352 g/mol. The van der Waals surface area contributed by atoms with Crippen LogP contribution in [0.25, 0.3) is 0 Å². The predicted octanol–water partition coefficient (Wildman–Crippen LogP) is 3.68. The average molecular weight is 353 g/mol. The summed E-state index contributed by atoms with van der Waals surface area (Å²) in [7, 11) is 0. The van der Waals surface area contributed by atoms with E-state index in [9.17, 15) is 19.7 Å². The highest BCUT2D eigenvalue weighted by Crippen LogP contribution is 2.17. The van der Waals surface area contributed by atoms with Gasteiger partial charge in [-0.3, -0.25) is 19.7 Å². The molecule has 0 spiro atoms. The Morgan fingerprint density at radius 1 is 1.04 bits per heavy atom. The Labute approximate surface area is 141 Å². The molecule has 23 heavy (non-hydrogen) atoms. The van der Waals surface area contributed by atoms with Gasteiger partial charge in [-0.2, -0.15) is 0 Å². The Kier molecular flexibility index (Phi) is 5.31. The average Bonchev–Trinajstić information content (AvgIpc) is 2.55. The zero-order chi connectivity index (χ0) is 17.0. The summed E-state index contributed by atoms with van der Waals surface area (Å²) in [5, 5.41) is 12.1. The number of hydrogen-bond donors (Lipinski definition) is 1. The van der Waals surface area contributed by atoms with Gasteiger partial charge in [0, 0.05) is 28.4 Å². The van der Waals surface area contributed by atoms with Crippen LogP contribution in [0.2, 0.25) is 5.02 Å². The van der Waals surface area contributed by atoms with Crippen LogP contribution in [0, 0.1) is 10.1 Å². The number of nitro groups is 1. The van der Waals surface area contributed by atoms with Gasteiger partial charge in [0.05, 0.1) is 4.92 Å². The van der Waals surface area contributed by atoms with E-state index in [2.05, 4.69) is 5.32 Å². The lowest BCUT2D eigenvalue weighted by atomic mass is 10.1. The summed E-state index contributed by atoms with van der Waals surface area (Å²) < 4.78 is 0. The minimum absolute atomic E-state index is 0.113. The minimum Gasteiger partial charge on any atom is -0.324 e. The van der Waals surface area contributed by atoms with Crippen LogP contribution >= 0.6 is 23.2 Å². The van der Waals surface area contributed by atoms with Gasteiger partial charge in [0.25, 0.3) is 5.69 Å². The maximum atomic E-state index is 12.1. The van der Waals surface area contributed by atoms with Crippen molar-refractivity contribution < 1.29 is 14.5 Å². The van der Waals surface area contributed by atoms with Gasteiger partial charge >= 0.3 is 0 Å². The van der Waals surface area contributed by atoms with Crippen molar-refractivity contribution in [3.05, 3.63) is 69.2 Å². The summed E-state index contributed by atoms with van der Waals surface area (Å²) >= 11 is 11.6. The van der Waals surface area contributed by atoms with Crippen LogP contribution in [-0.2, 0) is 4.79 Å². The van der Waals surface area contributed by atoms with Gasteiger partial charge in [-0.15, -0.1) is 11.6 Å². The fourth-order valence-electron chi connectivity index (χ4n) is 1.75. The number of alkyl halides is 1. The minimum atomic E-state index is -1.45. The number of nitrogens with zero attached hydrogens (tertiary/aromatic N) is 1. The molecule has 1 atom stereocenters. The second-order valence-electron chi connectivity index (χ2n) is 4.53. The quantitative estimate of drug-likeness (QED) is 0.292. The summed E-state index contributed by atoms with van der Waals surface area (Å²) in [6, 6.07) is 11.2. The number of nitrogens with one attached hydrogen (secondary N) is 1. The van der Waals surface area contributed by atoms with Crippen LogP contribution < -0.4 is 5.32 Å². The Hall–Kier alpha value is -2.44. The van der Waals surface area contributed by atoms with Crippen LogP contribution in [-0.4, -0.2) is 22.0 Å². The number of hydrogen-bond acceptors (Lipinski definition) is 4. The van der Waals surface area contributed by atoms with Crippen molar-refractivity contribution in [1.82, 2.24) is 0 Å². The van der Waals surface area contributed by atoms with Gasteiger partial charge in [-0.25, -0.2) is 0 Å². The number of halogens is 2. The van der Waals surface area contributed by atoms with E-state index in [-0.39, 0.29) is 11.3 Å². The van der Waals surface area contributed by atoms with Crippen molar-refractivity contribution in [3.63, 3.8) is 0 Å². The van der Waals surface area contributed by atoms with Crippen molar-refractivity contribution in [1.29, 1.82) is 0 Å². The molecule has 0 aliphatic heterocycles. The molecule has 0 saturated heterocycles. The maximum absolute atomic E-state index is 12.1. The number of nitro benzene ring substituents is 1. The van der Waals surface area contributed by atoms with E-state index < -0.39 is 22.0 Å². The van der Waals surface area contributed by atoms with Crippen molar-refractivity contribution in [3.8, 4) is 0 Å². The summed E-state index contributed by atoms with van der Waals surface area (Å²) in [6.07, 6.45) is 0. The molecule has 118 valence electrons. The van der Waals surface area contributed by atoms with E-state index in [0.29, 0.717) is 10.7 Å².